The third kappa shape index (κ3) is 2.38. The zero-order valence-electron chi connectivity index (χ0n) is 11.2. The van der Waals surface area contributed by atoms with E-state index in [0.29, 0.717) is 5.56 Å². The Hall–Kier alpha value is -2.69. The number of nitrogens with zero attached hydrogens (tertiary/aromatic N) is 1. The summed E-state index contributed by atoms with van der Waals surface area (Å²) in [7, 11) is 0. The summed E-state index contributed by atoms with van der Waals surface area (Å²) in [6.07, 6.45) is 0. The van der Waals surface area contributed by atoms with Gasteiger partial charge in [-0.15, -0.1) is 0 Å². The first-order valence-electron chi connectivity index (χ1n) is 6.34. The van der Waals surface area contributed by atoms with Crippen molar-refractivity contribution in [3.05, 3.63) is 59.7 Å². The van der Waals surface area contributed by atoms with E-state index in [9.17, 15) is 8.78 Å². The van der Waals surface area contributed by atoms with Gasteiger partial charge >= 0.3 is 0 Å². The molecular formula is C16H12F2N2O. The summed E-state index contributed by atoms with van der Waals surface area (Å²) < 4.78 is 32.5. The molecule has 0 aliphatic carbocycles. The quantitative estimate of drug-likeness (QED) is 0.769. The molecule has 0 aliphatic rings. The van der Waals surface area contributed by atoms with Crippen LogP contribution >= 0.6 is 0 Å². The summed E-state index contributed by atoms with van der Waals surface area (Å²) in [5.74, 6) is -0.896. The van der Waals surface area contributed by atoms with Crippen LogP contribution in [0, 0.1) is 18.6 Å². The third-order valence-electron chi connectivity index (χ3n) is 3.20. The number of anilines is 1. The van der Waals surface area contributed by atoms with E-state index in [2.05, 4.69) is 5.16 Å². The molecule has 2 N–H and O–H groups in total. The zero-order chi connectivity index (χ0) is 15.0. The highest BCUT2D eigenvalue weighted by molar-refractivity contribution is 5.86. The molecule has 21 heavy (non-hydrogen) atoms. The van der Waals surface area contributed by atoms with E-state index in [1.807, 2.05) is 31.2 Å². The Morgan fingerprint density at radius 3 is 2.67 bits per heavy atom. The molecule has 0 unspecified atom stereocenters. The van der Waals surface area contributed by atoms with Crippen molar-refractivity contribution in [2.45, 2.75) is 6.92 Å². The van der Waals surface area contributed by atoms with E-state index in [-0.39, 0.29) is 17.1 Å². The van der Waals surface area contributed by atoms with E-state index in [0.717, 1.165) is 29.3 Å². The van der Waals surface area contributed by atoms with Crippen molar-refractivity contribution in [3.63, 3.8) is 0 Å². The van der Waals surface area contributed by atoms with Crippen molar-refractivity contribution >= 4 is 5.82 Å². The lowest BCUT2D eigenvalue weighted by atomic mass is 10.00. The molecule has 0 bridgehead atoms. The predicted octanol–water partition coefficient (Wildman–Crippen LogP) is 4.18. The fourth-order valence-electron chi connectivity index (χ4n) is 2.24. The summed E-state index contributed by atoms with van der Waals surface area (Å²) in [5.41, 5.74) is 8.04. The van der Waals surface area contributed by atoms with Crippen LogP contribution in [-0.4, -0.2) is 5.16 Å². The highest BCUT2D eigenvalue weighted by atomic mass is 19.1. The number of nitrogen functional groups attached to an aromatic ring is 1. The van der Waals surface area contributed by atoms with E-state index < -0.39 is 11.6 Å². The van der Waals surface area contributed by atoms with Crippen molar-refractivity contribution in [3.8, 4) is 22.5 Å². The smallest absolute Gasteiger partial charge is 0.179 e. The number of hydrogen-bond acceptors (Lipinski definition) is 3. The molecule has 0 saturated heterocycles. The summed E-state index contributed by atoms with van der Waals surface area (Å²) in [5, 5.41) is 3.68. The van der Waals surface area contributed by atoms with Gasteiger partial charge in [-0.05, 0) is 30.7 Å². The van der Waals surface area contributed by atoms with Gasteiger partial charge in [0.2, 0.25) is 0 Å². The first-order valence-corrected chi connectivity index (χ1v) is 6.34. The minimum atomic E-state index is -0.596. The van der Waals surface area contributed by atoms with Crippen molar-refractivity contribution in [1.29, 1.82) is 0 Å². The Morgan fingerprint density at radius 1 is 1.10 bits per heavy atom. The van der Waals surface area contributed by atoms with Crippen LogP contribution in [0.5, 0.6) is 0 Å². The number of rotatable bonds is 2. The van der Waals surface area contributed by atoms with Crippen LogP contribution in [-0.2, 0) is 0 Å². The lowest BCUT2D eigenvalue weighted by molar-refractivity contribution is 0.433. The Balaban J connectivity index is 2.24. The van der Waals surface area contributed by atoms with Crippen molar-refractivity contribution < 1.29 is 13.3 Å². The minimum absolute atomic E-state index is 0.00398. The average molecular weight is 286 g/mol. The number of nitrogens with two attached hydrogens (primary N) is 1. The molecule has 0 spiro atoms. The minimum Gasteiger partial charge on any atom is -0.380 e. The molecule has 1 aromatic heterocycles. The SMILES string of the molecule is Cc1cccc(-c2c(N)noc2-c2cc(F)ccc2F)c1. The van der Waals surface area contributed by atoms with E-state index in [1.54, 1.807) is 0 Å². The molecule has 2 aromatic carbocycles. The summed E-state index contributed by atoms with van der Waals surface area (Å²) >= 11 is 0. The maximum Gasteiger partial charge on any atom is 0.179 e. The Kier molecular flexibility index (Phi) is 3.17. The summed E-state index contributed by atoms with van der Waals surface area (Å²) in [6, 6.07) is 10.6. The van der Waals surface area contributed by atoms with Crippen LogP contribution in [0.4, 0.5) is 14.6 Å². The van der Waals surface area contributed by atoms with Gasteiger partial charge in [0, 0.05) is 0 Å². The third-order valence-corrected chi connectivity index (χ3v) is 3.20. The first-order chi connectivity index (χ1) is 10.1. The molecule has 0 atom stereocenters. The molecule has 3 rings (SSSR count). The number of aromatic nitrogens is 1. The second-order valence-electron chi connectivity index (χ2n) is 4.77. The summed E-state index contributed by atoms with van der Waals surface area (Å²) in [6.45, 7) is 1.93. The standard InChI is InChI=1S/C16H12F2N2O/c1-9-3-2-4-10(7-9)14-15(21-20-16(14)19)12-8-11(17)5-6-13(12)18/h2-8H,1H3,(H2,19,20). The van der Waals surface area contributed by atoms with Crippen molar-refractivity contribution in [1.82, 2.24) is 5.16 Å². The normalized spacial score (nSPS) is 10.8. The molecule has 0 amide bonds. The maximum atomic E-state index is 13.9. The number of aryl methyl sites for hydroxylation is 1. The number of halogens is 2. The van der Waals surface area contributed by atoms with E-state index in [1.165, 1.54) is 0 Å². The van der Waals surface area contributed by atoms with Crippen molar-refractivity contribution in [2.75, 3.05) is 5.73 Å². The molecular weight excluding hydrogens is 274 g/mol. The van der Waals surface area contributed by atoms with Gasteiger partial charge in [0.05, 0.1) is 11.1 Å². The van der Waals surface area contributed by atoms with E-state index in [4.69, 9.17) is 10.3 Å². The predicted molar refractivity (Wildman–Crippen MR) is 76.4 cm³/mol. The van der Waals surface area contributed by atoms with Crippen LogP contribution < -0.4 is 5.73 Å². The second kappa shape index (κ2) is 5.01. The first kappa shape index (κ1) is 13.3. The Labute approximate surface area is 120 Å². The van der Waals surface area contributed by atoms with Crippen LogP contribution in [0.15, 0.2) is 47.0 Å². The molecule has 1 heterocycles. The average Bonchev–Trinajstić information content (AvgIpc) is 2.83. The molecule has 3 aromatic rings. The van der Waals surface area contributed by atoms with Gasteiger partial charge in [0.1, 0.15) is 11.6 Å². The fraction of sp³-hybridized carbons (Fsp3) is 0.0625. The van der Waals surface area contributed by atoms with Gasteiger partial charge in [-0.2, -0.15) is 0 Å². The monoisotopic (exact) mass is 286 g/mol. The van der Waals surface area contributed by atoms with Crippen molar-refractivity contribution in [2.24, 2.45) is 0 Å². The van der Waals surface area contributed by atoms with Crippen LogP contribution in [0.2, 0.25) is 0 Å². The molecule has 106 valence electrons. The molecule has 3 nitrogen and oxygen atoms in total. The highest BCUT2D eigenvalue weighted by Gasteiger charge is 2.20. The number of hydrogen-bond donors (Lipinski definition) is 1. The largest absolute Gasteiger partial charge is 0.380 e. The van der Waals surface area contributed by atoms with E-state index >= 15 is 0 Å². The lowest BCUT2D eigenvalue weighted by Crippen LogP contribution is -1.91. The Morgan fingerprint density at radius 2 is 1.90 bits per heavy atom. The van der Waals surface area contributed by atoms with Crippen LogP contribution in [0.25, 0.3) is 22.5 Å². The van der Waals surface area contributed by atoms with Gasteiger partial charge in [-0.1, -0.05) is 35.0 Å². The zero-order valence-corrected chi connectivity index (χ0v) is 11.2. The molecule has 0 radical (unpaired) electrons. The topological polar surface area (TPSA) is 52.0 Å². The Bertz CT molecular complexity index is 812. The van der Waals surface area contributed by atoms with Gasteiger partial charge in [0.25, 0.3) is 0 Å². The molecule has 0 aliphatic heterocycles. The van der Waals surface area contributed by atoms with Gasteiger partial charge in [-0.25, -0.2) is 8.78 Å². The molecule has 0 saturated carbocycles. The van der Waals surface area contributed by atoms with Gasteiger partial charge < -0.3 is 10.3 Å². The lowest BCUT2D eigenvalue weighted by Gasteiger charge is -2.05. The molecule has 5 heteroatoms. The fourth-order valence-corrected chi connectivity index (χ4v) is 2.24. The number of benzene rings is 2. The highest BCUT2D eigenvalue weighted by Crippen LogP contribution is 2.38. The second-order valence-corrected chi connectivity index (χ2v) is 4.77. The van der Waals surface area contributed by atoms with Crippen LogP contribution in [0.3, 0.4) is 0 Å². The van der Waals surface area contributed by atoms with Gasteiger partial charge in [0.15, 0.2) is 11.6 Å². The summed E-state index contributed by atoms with van der Waals surface area (Å²) in [4.78, 5) is 0. The molecule has 0 fully saturated rings. The maximum absolute atomic E-state index is 13.9. The van der Waals surface area contributed by atoms with Gasteiger partial charge in [-0.3, -0.25) is 0 Å². The van der Waals surface area contributed by atoms with Crippen LogP contribution in [0.1, 0.15) is 5.56 Å².